The highest BCUT2D eigenvalue weighted by Gasteiger charge is 2.23. The number of aliphatic hydroxyl groups is 1. The number of aromatic nitrogens is 1. The average Bonchev–Trinajstić information content (AvgIpc) is 2.49. The van der Waals surface area contributed by atoms with Crippen LogP contribution in [-0.2, 0) is 6.54 Å². The van der Waals surface area contributed by atoms with Crippen molar-refractivity contribution < 1.29 is 13.9 Å². The number of benzene rings is 1. The first-order valence-electron chi connectivity index (χ1n) is 6.98. The molecule has 118 valence electrons. The van der Waals surface area contributed by atoms with E-state index < -0.39 is 23.3 Å². The molecule has 0 bridgehead atoms. The Morgan fingerprint density at radius 3 is 2.36 bits per heavy atom. The molecule has 6 heteroatoms. The Morgan fingerprint density at radius 2 is 1.86 bits per heavy atom. The Hall–Kier alpha value is -1.72. The summed E-state index contributed by atoms with van der Waals surface area (Å²) >= 11 is 5.91. The maximum absolute atomic E-state index is 14.2. The van der Waals surface area contributed by atoms with Crippen molar-refractivity contribution >= 4 is 11.6 Å². The largest absolute Gasteiger partial charge is 0.388 e. The SMILES string of the molecule is CCC(O)c1cc(Cl)c(=O)n(CC)c1-c1c(F)cccc1F. The van der Waals surface area contributed by atoms with Gasteiger partial charge in [0, 0.05) is 12.1 Å². The molecule has 1 heterocycles. The van der Waals surface area contributed by atoms with Crippen LogP contribution < -0.4 is 5.56 Å². The first kappa shape index (κ1) is 16.6. The van der Waals surface area contributed by atoms with E-state index in [1.807, 2.05) is 0 Å². The average molecular weight is 328 g/mol. The van der Waals surface area contributed by atoms with E-state index in [4.69, 9.17) is 11.6 Å². The molecule has 1 N–H and O–H groups in total. The van der Waals surface area contributed by atoms with Crippen LogP contribution in [0.15, 0.2) is 29.1 Å². The minimum Gasteiger partial charge on any atom is -0.388 e. The number of hydrogen-bond donors (Lipinski definition) is 1. The Labute approximate surface area is 131 Å². The quantitative estimate of drug-likeness (QED) is 0.925. The molecule has 1 atom stereocenters. The molecular weight excluding hydrogens is 312 g/mol. The van der Waals surface area contributed by atoms with Gasteiger partial charge in [0.2, 0.25) is 0 Å². The molecular formula is C16H16ClF2NO2. The zero-order chi connectivity index (χ0) is 16.4. The number of pyridine rings is 1. The Morgan fingerprint density at radius 1 is 1.27 bits per heavy atom. The topological polar surface area (TPSA) is 42.2 Å². The van der Waals surface area contributed by atoms with Crippen molar-refractivity contribution in [2.24, 2.45) is 0 Å². The smallest absolute Gasteiger partial charge is 0.269 e. The molecule has 0 aliphatic rings. The summed E-state index contributed by atoms with van der Waals surface area (Å²) in [7, 11) is 0. The van der Waals surface area contributed by atoms with Crippen molar-refractivity contribution in [1.29, 1.82) is 0 Å². The summed E-state index contributed by atoms with van der Waals surface area (Å²) in [6, 6.07) is 4.75. The summed E-state index contributed by atoms with van der Waals surface area (Å²) in [5, 5.41) is 10.1. The lowest BCUT2D eigenvalue weighted by atomic mass is 9.98. The molecule has 22 heavy (non-hydrogen) atoms. The summed E-state index contributed by atoms with van der Waals surface area (Å²) in [4.78, 5) is 12.2. The molecule has 1 aromatic carbocycles. The van der Waals surface area contributed by atoms with Crippen LogP contribution in [0.4, 0.5) is 8.78 Å². The molecule has 0 saturated heterocycles. The number of aliphatic hydroxyl groups excluding tert-OH is 1. The van der Waals surface area contributed by atoms with Gasteiger partial charge in [-0.3, -0.25) is 4.79 Å². The third kappa shape index (κ3) is 2.78. The third-order valence-corrected chi connectivity index (χ3v) is 3.81. The molecule has 0 aliphatic carbocycles. The molecule has 1 unspecified atom stereocenters. The predicted octanol–water partition coefficient (Wildman–Crippen LogP) is 3.91. The van der Waals surface area contributed by atoms with Crippen LogP contribution in [0.3, 0.4) is 0 Å². The fraction of sp³-hybridized carbons (Fsp3) is 0.312. The maximum atomic E-state index is 14.2. The van der Waals surface area contributed by atoms with Crippen molar-refractivity contribution in [2.75, 3.05) is 0 Å². The molecule has 1 aromatic heterocycles. The Bertz CT molecular complexity index is 738. The minimum absolute atomic E-state index is 0.0295. The van der Waals surface area contributed by atoms with Crippen LogP contribution in [0.25, 0.3) is 11.3 Å². The van der Waals surface area contributed by atoms with Crippen molar-refractivity contribution in [1.82, 2.24) is 4.57 Å². The highest BCUT2D eigenvalue weighted by Crippen LogP contribution is 2.33. The van der Waals surface area contributed by atoms with Gasteiger partial charge in [0.15, 0.2) is 0 Å². The molecule has 0 spiro atoms. The van der Waals surface area contributed by atoms with E-state index >= 15 is 0 Å². The molecule has 0 aliphatic heterocycles. The van der Waals surface area contributed by atoms with E-state index in [0.717, 1.165) is 12.1 Å². The van der Waals surface area contributed by atoms with E-state index in [1.165, 1.54) is 16.7 Å². The van der Waals surface area contributed by atoms with Crippen molar-refractivity contribution in [3.8, 4) is 11.3 Å². The van der Waals surface area contributed by atoms with Gasteiger partial charge >= 0.3 is 0 Å². The van der Waals surface area contributed by atoms with Crippen LogP contribution in [0, 0.1) is 11.6 Å². The lowest BCUT2D eigenvalue weighted by Crippen LogP contribution is -2.24. The molecule has 2 rings (SSSR count). The van der Waals surface area contributed by atoms with Crippen LogP contribution in [0.5, 0.6) is 0 Å². The second-order valence-electron chi connectivity index (χ2n) is 4.87. The molecule has 0 fully saturated rings. The summed E-state index contributed by atoms with van der Waals surface area (Å²) < 4.78 is 29.5. The van der Waals surface area contributed by atoms with Gasteiger partial charge < -0.3 is 9.67 Å². The molecule has 0 saturated carbocycles. The van der Waals surface area contributed by atoms with Crippen LogP contribution in [0.2, 0.25) is 5.02 Å². The Kier molecular flexibility index (Phi) is 4.98. The van der Waals surface area contributed by atoms with Crippen molar-refractivity contribution in [3.63, 3.8) is 0 Å². The number of halogens is 3. The van der Waals surface area contributed by atoms with Crippen LogP contribution in [0.1, 0.15) is 31.9 Å². The lowest BCUT2D eigenvalue weighted by molar-refractivity contribution is 0.173. The zero-order valence-electron chi connectivity index (χ0n) is 12.2. The summed E-state index contributed by atoms with van der Waals surface area (Å²) in [5.41, 5.74) is -0.616. The first-order chi connectivity index (χ1) is 10.4. The van der Waals surface area contributed by atoms with Crippen molar-refractivity contribution in [2.45, 2.75) is 32.9 Å². The molecule has 0 amide bonds. The zero-order valence-corrected chi connectivity index (χ0v) is 13.0. The fourth-order valence-electron chi connectivity index (χ4n) is 2.43. The monoisotopic (exact) mass is 327 g/mol. The van der Waals surface area contributed by atoms with Crippen LogP contribution in [-0.4, -0.2) is 9.67 Å². The highest BCUT2D eigenvalue weighted by molar-refractivity contribution is 6.30. The van der Waals surface area contributed by atoms with Gasteiger partial charge in [-0.2, -0.15) is 0 Å². The second-order valence-corrected chi connectivity index (χ2v) is 5.27. The van der Waals surface area contributed by atoms with Gasteiger partial charge in [-0.25, -0.2) is 8.78 Å². The van der Waals surface area contributed by atoms with Gasteiger partial charge in [0.1, 0.15) is 16.7 Å². The van der Waals surface area contributed by atoms with Gasteiger partial charge in [-0.1, -0.05) is 24.6 Å². The Balaban J connectivity index is 2.95. The van der Waals surface area contributed by atoms with E-state index in [9.17, 15) is 18.7 Å². The number of rotatable bonds is 4. The third-order valence-electron chi connectivity index (χ3n) is 3.54. The van der Waals surface area contributed by atoms with E-state index in [0.29, 0.717) is 6.42 Å². The summed E-state index contributed by atoms with van der Waals surface area (Å²) in [6.07, 6.45) is -0.661. The van der Waals surface area contributed by atoms with E-state index in [-0.39, 0.29) is 28.4 Å². The molecule has 3 nitrogen and oxygen atoms in total. The predicted molar refractivity (Wildman–Crippen MR) is 82.0 cm³/mol. The second kappa shape index (κ2) is 6.58. The number of nitrogens with zero attached hydrogens (tertiary/aromatic N) is 1. The van der Waals surface area contributed by atoms with Gasteiger partial charge in [0.25, 0.3) is 5.56 Å². The van der Waals surface area contributed by atoms with Gasteiger partial charge in [-0.05, 0) is 31.5 Å². The van der Waals surface area contributed by atoms with Crippen molar-refractivity contribution in [3.05, 3.63) is 56.8 Å². The van der Waals surface area contributed by atoms with Crippen LogP contribution >= 0.6 is 11.6 Å². The number of hydrogen-bond acceptors (Lipinski definition) is 2. The lowest BCUT2D eigenvalue weighted by Gasteiger charge is -2.20. The summed E-state index contributed by atoms with van der Waals surface area (Å²) in [5.74, 6) is -1.60. The minimum atomic E-state index is -0.982. The van der Waals surface area contributed by atoms with Gasteiger partial charge in [-0.15, -0.1) is 0 Å². The molecule has 0 radical (unpaired) electrons. The highest BCUT2D eigenvalue weighted by atomic mass is 35.5. The fourth-order valence-corrected chi connectivity index (χ4v) is 2.65. The maximum Gasteiger partial charge on any atom is 0.269 e. The standard InChI is InChI=1S/C16H16ClF2NO2/c1-3-13(21)9-8-10(17)16(22)20(4-2)15(9)14-11(18)6-5-7-12(14)19/h5-8,13,21H,3-4H2,1-2H3. The normalized spacial score (nSPS) is 12.5. The summed E-state index contributed by atoms with van der Waals surface area (Å²) in [6.45, 7) is 3.56. The van der Waals surface area contributed by atoms with Gasteiger partial charge in [0.05, 0.1) is 17.4 Å². The van der Waals surface area contributed by atoms with E-state index in [1.54, 1.807) is 13.8 Å². The molecule has 2 aromatic rings. The first-order valence-corrected chi connectivity index (χ1v) is 7.35. The van der Waals surface area contributed by atoms with E-state index in [2.05, 4.69) is 0 Å².